The van der Waals surface area contributed by atoms with Crippen LogP contribution in [0.1, 0.15) is 44.2 Å². The van der Waals surface area contributed by atoms with Gasteiger partial charge in [0.1, 0.15) is 0 Å². The summed E-state index contributed by atoms with van der Waals surface area (Å²) in [4.78, 5) is 25.6. The second-order valence-electron chi connectivity index (χ2n) is 5.47. The summed E-state index contributed by atoms with van der Waals surface area (Å²) in [6.07, 6.45) is 3.52. The van der Waals surface area contributed by atoms with Gasteiger partial charge in [0.25, 0.3) is 0 Å². The van der Waals surface area contributed by atoms with Crippen LogP contribution in [0.2, 0.25) is 5.02 Å². The topological polar surface area (TPSA) is 49.4 Å². The summed E-state index contributed by atoms with van der Waals surface area (Å²) in [7, 11) is 0. The van der Waals surface area contributed by atoms with Gasteiger partial charge < -0.3 is 10.2 Å². The number of nitrogens with zero attached hydrogens (tertiary/aromatic N) is 1. The maximum atomic E-state index is 12.1. The summed E-state index contributed by atoms with van der Waals surface area (Å²) < 4.78 is 0. The quantitative estimate of drug-likeness (QED) is 0.929. The first-order valence-corrected chi connectivity index (χ1v) is 7.76. The van der Waals surface area contributed by atoms with E-state index in [4.69, 9.17) is 11.6 Å². The monoisotopic (exact) mass is 308 g/mol. The number of nitrogens with one attached hydrogen (secondary N) is 1. The van der Waals surface area contributed by atoms with Crippen molar-refractivity contribution >= 4 is 23.4 Å². The van der Waals surface area contributed by atoms with Gasteiger partial charge >= 0.3 is 0 Å². The molecule has 1 fully saturated rings. The van der Waals surface area contributed by atoms with Crippen molar-refractivity contribution in [1.29, 1.82) is 0 Å². The lowest BCUT2D eigenvalue weighted by Crippen LogP contribution is -2.41. The number of amides is 2. The van der Waals surface area contributed by atoms with Gasteiger partial charge in [-0.2, -0.15) is 0 Å². The van der Waals surface area contributed by atoms with E-state index in [0.29, 0.717) is 18.0 Å². The fourth-order valence-corrected chi connectivity index (χ4v) is 2.63. The highest BCUT2D eigenvalue weighted by Crippen LogP contribution is 2.16. The minimum Gasteiger partial charge on any atom is -0.348 e. The Morgan fingerprint density at radius 3 is 2.71 bits per heavy atom. The van der Waals surface area contributed by atoms with Crippen LogP contribution in [0.15, 0.2) is 24.3 Å². The number of hydrogen-bond donors (Lipinski definition) is 1. The minimum atomic E-state index is -0.118. The molecule has 1 aromatic rings. The largest absolute Gasteiger partial charge is 0.348 e. The molecule has 1 aliphatic rings. The third kappa shape index (κ3) is 4.74. The molecule has 1 aromatic carbocycles. The van der Waals surface area contributed by atoms with E-state index in [1.165, 1.54) is 0 Å². The van der Waals surface area contributed by atoms with Crippen molar-refractivity contribution in [2.45, 2.75) is 38.6 Å². The number of benzene rings is 1. The lowest BCUT2D eigenvalue weighted by Gasteiger charge is -2.21. The molecule has 0 saturated carbocycles. The molecule has 1 atom stereocenters. The van der Waals surface area contributed by atoms with E-state index < -0.39 is 0 Å². The van der Waals surface area contributed by atoms with E-state index in [2.05, 4.69) is 5.32 Å². The Balaban J connectivity index is 1.88. The Bertz CT molecular complexity index is 502. The lowest BCUT2D eigenvalue weighted by molar-refractivity contribution is -0.135. The summed E-state index contributed by atoms with van der Waals surface area (Å²) >= 11 is 5.85. The zero-order valence-electron chi connectivity index (χ0n) is 12.3. The van der Waals surface area contributed by atoms with E-state index in [0.717, 1.165) is 24.8 Å². The fourth-order valence-electron chi connectivity index (χ4n) is 2.50. The molecule has 2 rings (SSSR count). The van der Waals surface area contributed by atoms with Crippen molar-refractivity contribution in [3.05, 3.63) is 34.9 Å². The van der Waals surface area contributed by atoms with E-state index in [-0.39, 0.29) is 24.4 Å². The van der Waals surface area contributed by atoms with Crippen molar-refractivity contribution in [3.63, 3.8) is 0 Å². The molecule has 0 aliphatic carbocycles. The number of halogens is 1. The molecule has 1 N–H and O–H groups in total. The van der Waals surface area contributed by atoms with Crippen molar-refractivity contribution in [1.82, 2.24) is 10.2 Å². The van der Waals surface area contributed by atoms with Gasteiger partial charge in [0.2, 0.25) is 11.8 Å². The summed E-state index contributed by atoms with van der Waals surface area (Å²) in [6.45, 7) is 2.75. The van der Waals surface area contributed by atoms with Gasteiger partial charge in [0.15, 0.2) is 0 Å². The van der Waals surface area contributed by atoms with Crippen LogP contribution in [0.25, 0.3) is 0 Å². The van der Waals surface area contributed by atoms with Gasteiger partial charge in [-0.05, 0) is 37.5 Å². The molecule has 1 aliphatic heterocycles. The molecule has 1 unspecified atom stereocenters. The average Bonchev–Trinajstić information content (AvgIpc) is 2.65. The maximum Gasteiger partial charge on any atom is 0.240 e. The van der Waals surface area contributed by atoms with Crippen molar-refractivity contribution in [3.8, 4) is 0 Å². The Morgan fingerprint density at radius 2 is 2.00 bits per heavy atom. The molecule has 0 spiro atoms. The van der Waals surface area contributed by atoms with Crippen LogP contribution in [0.3, 0.4) is 0 Å². The van der Waals surface area contributed by atoms with Crippen molar-refractivity contribution in [2.75, 3.05) is 13.1 Å². The SMILES string of the molecule is CC(NC(=O)CN1CCCCCC1=O)c1ccc(Cl)cc1. The molecule has 114 valence electrons. The molecule has 21 heavy (non-hydrogen) atoms. The van der Waals surface area contributed by atoms with Crippen LogP contribution < -0.4 is 5.32 Å². The van der Waals surface area contributed by atoms with Gasteiger partial charge in [0.05, 0.1) is 12.6 Å². The fraction of sp³-hybridized carbons (Fsp3) is 0.500. The van der Waals surface area contributed by atoms with E-state index in [1.807, 2.05) is 19.1 Å². The predicted octanol–water partition coefficient (Wildman–Crippen LogP) is 2.92. The second kappa shape index (κ2) is 7.46. The standard InChI is InChI=1S/C16H21ClN2O2/c1-12(13-6-8-14(17)9-7-13)18-15(20)11-19-10-4-2-3-5-16(19)21/h6-9,12H,2-5,10-11H2,1H3,(H,18,20). The third-order valence-corrected chi connectivity index (χ3v) is 4.01. The van der Waals surface area contributed by atoms with Crippen LogP contribution in [0.4, 0.5) is 0 Å². The van der Waals surface area contributed by atoms with E-state index in [1.54, 1.807) is 17.0 Å². The smallest absolute Gasteiger partial charge is 0.240 e. The third-order valence-electron chi connectivity index (χ3n) is 3.75. The molecular formula is C16H21ClN2O2. The predicted molar refractivity (Wildman–Crippen MR) is 83.1 cm³/mol. The molecule has 1 heterocycles. The molecule has 5 heteroatoms. The summed E-state index contributed by atoms with van der Waals surface area (Å²) in [5.74, 6) is -0.0329. The van der Waals surface area contributed by atoms with Crippen LogP contribution in [-0.2, 0) is 9.59 Å². The van der Waals surface area contributed by atoms with Crippen LogP contribution >= 0.6 is 11.6 Å². The van der Waals surface area contributed by atoms with Gasteiger partial charge in [-0.15, -0.1) is 0 Å². The minimum absolute atomic E-state index is 0.0850. The number of likely N-dealkylation sites (tertiary alicyclic amines) is 1. The molecule has 0 radical (unpaired) electrons. The Kier molecular flexibility index (Phi) is 5.62. The number of carbonyl (C=O) groups excluding carboxylic acids is 2. The maximum absolute atomic E-state index is 12.1. The Hall–Kier alpha value is -1.55. The Morgan fingerprint density at radius 1 is 1.29 bits per heavy atom. The normalized spacial score (nSPS) is 17.2. The zero-order valence-corrected chi connectivity index (χ0v) is 13.0. The highest BCUT2D eigenvalue weighted by Gasteiger charge is 2.20. The Labute approximate surface area is 130 Å². The van der Waals surface area contributed by atoms with Crippen LogP contribution in [0, 0.1) is 0 Å². The van der Waals surface area contributed by atoms with Gasteiger partial charge in [-0.1, -0.05) is 30.2 Å². The first kappa shape index (κ1) is 15.8. The number of rotatable bonds is 4. The van der Waals surface area contributed by atoms with Crippen molar-refractivity contribution < 1.29 is 9.59 Å². The number of carbonyl (C=O) groups is 2. The molecule has 2 amide bonds. The van der Waals surface area contributed by atoms with Gasteiger partial charge in [0, 0.05) is 18.0 Å². The van der Waals surface area contributed by atoms with Crippen molar-refractivity contribution in [2.24, 2.45) is 0 Å². The molecule has 1 saturated heterocycles. The highest BCUT2D eigenvalue weighted by molar-refractivity contribution is 6.30. The summed E-state index contributed by atoms with van der Waals surface area (Å²) in [5, 5.41) is 3.60. The molecule has 4 nitrogen and oxygen atoms in total. The summed E-state index contributed by atoms with van der Waals surface area (Å²) in [6, 6.07) is 7.29. The van der Waals surface area contributed by atoms with Crippen LogP contribution in [-0.4, -0.2) is 29.8 Å². The molecule has 0 aromatic heterocycles. The average molecular weight is 309 g/mol. The van der Waals surface area contributed by atoms with Gasteiger partial charge in [-0.3, -0.25) is 9.59 Å². The number of hydrogen-bond acceptors (Lipinski definition) is 2. The zero-order chi connectivity index (χ0) is 15.2. The lowest BCUT2D eigenvalue weighted by atomic mass is 10.1. The second-order valence-corrected chi connectivity index (χ2v) is 5.90. The first-order valence-electron chi connectivity index (χ1n) is 7.39. The highest BCUT2D eigenvalue weighted by atomic mass is 35.5. The molecule has 0 bridgehead atoms. The van der Waals surface area contributed by atoms with E-state index >= 15 is 0 Å². The van der Waals surface area contributed by atoms with Crippen LogP contribution in [0.5, 0.6) is 0 Å². The first-order chi connectivity index (χ1) is 10.1. The molecular weight excluding hydrogens is 288 g/mol. The van der Waals surface area contributed by atoms with E-state index in [9.17, 15) is 9.59 Å². The summed E-state index contributed by atoms with van der Waals surface area (Å²) in [5.41, 5.74) is 0.995. The van der Waals surface area contributed by atoms with Gasteiger partial charge in [-0.25, -0.2) is 0 Å².